The zero-order chi connectivity index (χ0) is 19.5. The molecule has 1 N–H and O–H groups in total. The van der Waals surface area contributed by atoms with Crippen molar-refractivity contribution in [2.24, 2.45) is 0 Å². The molecule has 3 aromatic rings. The number of hydrogen-bond donors (Lipinski definition) is 1. The molecule has 0 radical (unpaired) electrons. The predicted octanol–water partition coefficient (Wildman–Crippen LogP) is 5.28. The van der Waals surface area contributed by atoms with Crippen molar-refractivity contribution in [3.63, 3.8) is 0 Å². The number of likely N-dealkylation sites (tertiary alicyclic amines) is 1. The van der Waals surface area contributed by atoms with Crippen LogP contribution in [0.5, 0.6) is 0 Å². The number of thiophene rings is 1. The van der Waals surface area contributed by atoms with Gasteiger partial charge in [0.2, 0.25) is 0 Å². The van der Waals surface area contributed by atoms with E-state index in [4.69, 9.17) is 0 Å². The van der Waals surface area contributed by atoms with Crippen LogP contribution in [-0.2, 0) is 0 Å². The van der Waals surface area contributed by atoms with E-state index in [0.29, 0.717) is 11.3 Å². The zero-order valence-corrected chi connectivity index (χ0v) is 16.2. The molecule has 28 heavy (non-hydrogen) atoms. The molecule has 2 aromatic carbocycles. The highest BCUT2D eigenvalue weighted by molar-refractivity contribution is 7.17. The number of carbonyl (C=O) groups excluding carboxylic acids is 1. The first-order valence-corrected chi connectivity index (χ1v) is 10.3. The van der Waals surface area contributed by atoms with E-state index in [0.717, 1.165) is 35.4 Å². The van der Waals surface area contributed by atoms with E-state index in [9.17, 15) is 14.3 Å². The van der Waals surface area contributed by atoms with Crippen LogP contribution in [0.1, 0.15) is 40.6 Å². The number of benzene rings is 2. The summed E-state index contributed by atoms with van der Waals surface area (Å²) in [6.45, 7) is 0.717. The highest BCUT2D eigenvalue weighted by Crippen LogP contribution is 2.32. The minimum Gasteiger partial charge on any atom is -0.388 e. The van der Waals surface area contributed by atoms with Gasteiger partial charge < -0.3 is 10.0 Å². The van der Waals surface area contributed by atoms with Crippen molar-refractivity contribution in [3.05, 3.63) is 83.0 Å². The predicted molar refractivity (Wildman–Crippen MR) is 110 cm³/mol. The van der Waals surface area contributed by atoms with Gasteiger partial charge in [-0.15, -0.1) is 11.3 Å². The largest absolute Gasteiger partial charge is 0.388 e. The van der Waals surface area contributed by atoms with Crippen LogP contribution in [0.2, 0.25) is 0 Å². The highest BCUT2D eigenvalue weighted by atomic mass is 32.1. The molecule has 2 heterocycles. The fourth-order valence-corrected chi connectivity index (χ4v) is 4.75. The molecule has 1 fully saturated rings. The summed E-state index contributed by atoms with van der Waals surface area (Å²) in [4.78, 5) is 16.6. The van der Waals surface area contributed by atoms with Gasteiger partial charge >= 0.3 is 0 Å². The number of hydrogen-bond acceptors (Lipinski definition) is 3. The molecule has 2 atom stereocenters. The van der Waals surface area contributed by atoms with E-state index in [1.165, 1.54) is 23.5 Å². The lowest BCUT2D eigenvalue weighted by atomic mass is 10.0. The van der Waals surface area contributed by atoms with Crippen molar-refractivity contribution in [1.29, 1.82) is 0 Å². The third-order valence-electron chi connectivity index (χ3n) is 5.26. The fraction of sp³-hybridized carbons (Fsp3) is 0.261. The third kappa shape index (κ3) is 4.01. The number of amides is 1. The molecule has 1 amide bonds. The minimum atomic E-state index is -0.572. The van der Waals surface area contributed by atoms with Crippen molar-refractivity contribution in [2.75, 3.05) is 6.54 Å². The summed E-state index contributed by atoms with van der Waals surface area (Å²) in [5, 5.41) is 10.6. The number of aliphatic hydroxyl groups is 1. The van der Waals surface area contributed by atoms with E-state index >= 15 is 0 Å². The first-order chi connectivity index (χ1) is 13.6. The number of halogens is 1. The van der Waals surface area contributed by atoms with Gasteiger partial charge in [-0.05, 0) is 54.7 Å². The molecule has 5 heteroatoms. The summed E-state index contributed by atoms with van der Waals surface area (Å²) in [6, 6.07) is 19.7. The minimum absolute atomic E-state index is 0.0149. The smallest absolute Gasteiger partial charge is 0.264 e. The second-order valence-corrected chi connectivity index (χ2v) is 8.21. The monoisotopic (exact) mass is 395 g/mol. The van der Waals surface area contributed by atoms with Crippen LogP contribution in [0.25, 0.3) is 10.4 Å². The Balaban J connectivity index is 1.47. The van der Waals surface area contributed by atoms with Gasteiger partial charge in [-0.3, -0.25) is 4.79 Å². The SMILES string of the molecule is O=C(c1ccc(-c2ccc(F)cc2)s1)N1CCC[C@@H]1C[C@H](O)c1ccccc1. The first-order valence-electron chi connectivity index (χ1n) is 9.51. The molecule has 0 spiro atoms. The van der Waals surface area contributed by atoms with Gasteiger partial charge in [0.1, 0.15) is 5.82 Å². The lowest BCUT2D eigenvalue weighted by molar-refractivity contribution is 0.0671. The van der Waals surface area contributed by atoms with Crippen LogP contribution >= 0.6 is 11.3 Å². The molecule has 4 rings (SSSR count). The van der Waals surface area contributed by atoms with Gasteiger partial charge in [-0.2, -0.15) is 0 Å². The summed E-state index contributed by atoms with van der Waals surface area (Å²) in [5.41, 5.74) is 1.79. The van der Waals surface area contributed by atoms with Gasteiger partial charge in [-0.1, -0.05) is 42.5 Å². The highest BCUT2D eigenvalue weighted by Gasteiger charge is 2.32. The Morgan fingerprint density at radius 3 is 2.61 bits per heavy atom. The van der Waals surface area contributed by atoms with Crippen LogP contribution in [0.4, 0.5) is 4.39 Å². The lowest BCUT2D eigenvalue weighted by Crippen LogP contribution is -2.36. The fourth-order valence-electron chi connectivity index (χ4n) is 3.78. The van der Waals surface area contributed by atoms with E-state index < -0.39 is 6.10 Å². The quantitative estimate of drug-likeness (QED) is 0.638. The molecule has 0 saturated carbocycles. The van der Waals surface area contributed by atoms with E-state index in [-0.39, 0.29) is 17.8 Å². The number of aliphatic hydroxyl groups excluding tert-OH is 1. The average Bonchev–Trinajstić information content (AvgIpc) is 3.39. The topological polar surface area (TPSA) is 40.5 Å². The second-order valence-electron chi connectivity index (χ2n) is 7.13. The summed E-state index contributed by atoms with van der Waals surface area (Å²) >= 11 is 1.43. The Labute approximate surface area is 168 Å². The summed E-state index contributed by atoms with van der Waals surface area (Å²) < 4.78 is 13.1. The maximum atomic E-state index is 13.1. The van der Waals surface area contributed by atoms with Gasteiger partial charge in [0.15, 0.2) is 0 Å². The maximum Gasteiger partial charge on any atom is 0.264 e. The Morgan fingerprint density at radius 1 is 1.11 bits per heavy atom. The maximum absolute atomic E-state index is 13.1. The molecule has 1 aliphatic heterocycles. The van der Waals surface area contributed by atoms with E-state index in [1.807, 2.05) is 47.4 Å². The van der Waals surface area contributed by atoms with Gasteiger partial charge in [0.25, 0.3) is 5.91 Å². The summed E-state index contributed by atoms with van der Waals surface area (Å²) in [5.74, 6) is -0.255. The molecule has 144 valence electrons. The Morgan fingerprint density at radius 2 is 1.86 bits per heavy atom. The van der Waals surface area contributed by atoms with Gasteiger partial charge in [0.05, 0.1) is 11.0 Å². The van der Waals surface area contributed by atoms with E-state index in [2.05, 4.69) is 0 Å². The number of nitrogens with zero attached hydrogens (tertiary/aromatic N) is 1. The second kappa shape index (κ2) is 8.25. The Kier molecular flexibility index (Phi) is 5.55. The molecule has 0 bridgehead atoms. The zero-order valence-electron chi connectivity index (χ0n) is 15.4. The van der Waals surface area contributed by atoms with Crippen LogP contribution in [0, 0.1) is 5.82 Å². The Hall–Kier alpha value is -2.50. The summed E-state index contributed by atoms with van der Waals surface area (Å²) in [7, 11) is 0. The summed E-state index contributed by atoms with van der Waals surface area (Å²) in [6.07, 6.45) is 1.84. The molecular formula is C23H22FNO2S. The molecular weight excluding hydrogens is 373 g/mol. The molecule has 1 saturated heterocycles. The normalized spacial score (nSPS) is 17.6. The third-order valence-corrected chi connectivity index (χ3v) is 6.39. The van der Waals surface area contributed by atoms with Crippen molar-refractivity contribution in [3.8, 4) is 10.4 Å². The van der Waals surface area contributed by atoms with Gasteiger partial charge in [-0.25, -0.2) is 4.39 Å². The van der Waals surface area contributed by atoms with Crippen molar-refractivity contribution >= 4 is 17.2 Å². The molecule has 1 aromatic heterocycles. The number of carbonyl (C=O) groups is 1. The average molecular weight is 395 g/mol. The van der Waals surface area contributed by atoms with E-state index in [1.54, 1.807) is 12.1 Å². The van der Waals surface area contributed by atoms with Gasteiger partial charge in [0, 0.05) is 17.5 Å². The molecule has 0 unspecified atom stereocenters. The Bertz CT molecular complexity index is 939. The van der Waals surface area contributed by atoms with Crippen molar-refractivity contribution < 1.29 is 14.3 Å². The van der Waals surface area contributed by atoms with Crippen molar-refractivity contribution in [2.45, 2.75) is 31.4 Å². The van der Waals surface area contributed by atoms with Crippen LogP contribution < -0.4 is 0 Å². The number of rotatable bonds is 5. The first kappa shape index (κ1) is 18.8. The van der Waals surface area contributed by atoms with Crippen molar-refractivity contribution in [1.82, 2.24) is 4.90 Å². The molecule has 1 aliphatic rings. The lowest BCUT2D eigenvalue weighted by Gasteiger charge is -2.26. The van der Waals surface area contributed by atoms with Crippen LogP contribution in [0.15, 0.2) is 66.7 Å². The molecule has 0 aliphatic carbocycles. The van der Waals surface area contributed by atoms with Crippen LogP contribution in [-0.4, -0.2) is 28.5 Å². The standard InChI is InChI=1S/C23H22FNO2S/c24-18-10-8-17(9-11-18)21-12-13-22(28-21)23(27)25-14-4-7-19(25)15-20(26)16-5-2-1-3-6-16/h1-3,5-6,8-13,19-20,26H,4,7,14-15H2/t19-,20+/m1/s1. The molecule has 3 nitrogen and oxygen atoms in total. The van der Waals surface area contributed by atoms with Crippen LogP contribution in [0.3, 0.4) is 0 Å².